The molecule has 1 amide bonds. The molecule has 3 rings (SSSR count). The molecule has 1 aromatic heterocycles. The highest BCUT2D eigenvalue weighted by molar-refractivity contribution is 7.22. The number of aromatic nitrogens is 1. The largest absolute Gasteiger partial charge is 0.497 e. The Morgan fingerprint density at radius 1 is 1.03 bits per heavy atom. The number of nitrogens with zero attached hydrogens (tertiary/aromatic N) is 3. The third-order valence-electron chi connectivity index (χ3n) is 4.31. The molecule has 1 heterocycles. The fraction of sp³-hybridized carbons (Fsp3) is 0.333. The van der Waals surface area contributed by atoms with Crippen molar-refractivity contribution in [3.63, 3.8) is 0 Å². The maximum absolute atomic E-state index is 13.0. The second-order valence-corrected chi connectivity index (χ2v) is 7.63. The number of benzene rings is 2. The van der Waals surface area contributed by atoms with Gasteiger partial charge in [0.05, 0.1) is 24.4 Å². The number of para-hydroxylation sites is 2. The van der Waals surface area contributed by atoms with Crippen LogP contribution in [0.3, 0.4) is 0 Å². The van der Waals surface area contributed by atoms with Gasteiger partial charge in [-0.15, -0.1) is 0 Å². The lowest BCUT2D eigenvalue weighted by molar-refractivity contribution is -0.120. The van der Waals surface area contributed by atoms with Crippen molar-refractivity contribution in [2.45, 2.75) is 0 Å². The smallest absolute Gasteiger partial charge is 0.266 e. The first-order valence-electron chi connectivity index (χ1n) is 9.17. The SMILES string of the molecule is COc1ccc2nc(N(CCN(C)C)C(=O)COc3ccccc3OC)sc2c1. The molecule has 0 aliphatic heterocycles. The summed E-state index contributed by atoms with van der Waals surface area (Å²) in [5.41, 5.74) is 0.833. The summed E-state index contributed by atoms with van der Waals surface area (Å²) in [6, 6.07) is 13.0. The summed E-state index contributed by atoms with van der Waals surface area (Å²) < 4.78 is 17.3. The van der Waals surface area contributed by atoms with Crippen LogP contribution in [-0.2, 0) is 4.79 Å². The van der Waals surface area contributed by atoms with E-state index in [0.29, 0.717) is 29.7 Å². The normalized spacial score (nSPS) is 10.9. The number of amides is 1. The number of hydrogen-bond donors (Lipinski definition) is 0. The van der Waals surface area contributed by atoms with Gasteiger partial charge in [-0.25, -0.2) is 4.98 Å². The standard InChI is InChI=1S/C21H25N3O4S/c1-23(2)11-12-24(20(25)14-28-18-8-6-5-7-17(18)27-4)21-22-16-10-9-15(26-3)13-19(16)29-21/h5-10,13H,11-12,14H2,1-4H3. The van der Waals surface area contributed by atoms with Crippen molar-refractivity contribution in [3.05, 3.63) is 42.5 Å². The molecule has 0 unspecified atom stereocenters. The zero-order chi connectivity index (χ0) is 20.8. The first kappa shape index (κ1) is 20.9. The van der Waals surface area contributed by atoms with Gasteiger partial charge in [0.25, 0.3) is 5.91 Å². The summed E-state index contributed by atoms with van der Waals surface area (Å²) in [5.74, 6) is 1.72. The van der Waals surface area contributed by atoms with Gasteiger partial charge in [-0.1, -0.05) is 23.5 Å². The highest BCUT2D eigenvalue weighted by Gasteiger charge is 2.21. The Bertz CT molecular complexity index is 973. The van der Waals surface area contributed by atoms with E-state index in [2.05, 4.69) is 4.98 Å². The van der Waals surface area contributed by atoms with Crippen molar-refractivity contribution < 1.29 is 19.0 Å². The van der Waals surface area contributed by atoms with Gasteiger partial charge >= 0.3 is 0 Å². The van der Waals surface area contributed by atoms with Gasteiger partial charge in [0.1, 0.15) is 5.75 Å². The van der Waals surface area contributed by atoms with Gasteiger partial charge in [-0.3, -0.25) is 9.69 Å². The van der Waals surface area contributed by atoms with Crippen LogP contribution in [0, 0.1) is 0 Å². The van der Waals surface area contributed by atoms with E-state index in [0.717, 1.165) is 16.0 Å². The number of carbonyl (C=O) groups excluding carboxylic acids is 1. The van der Waals surface area contributed by atoms with Gasteiger partial charge in [0, 0.05) is 13.1 Å². The molecule has 3 aromatic rings. The van der Waals surface area contributed by atoms with Crippen molar-refractivity contribution in [2.24, 2.45) is 0 Å². The molecule has 0 spiro atoms. The molecule has 0 atom stereocenters. The minimum Gasteiger partial charge on any atom is -0.497 e. The molecule has 8 heteroatoms. The van der Waals surface area contributed by atoms with Gasteiger partial charge in [0.15, 0.2) is 23.2 Å². The first-order chi connectivity index (χ1) is 14.0. The molecule has 0 radical (unpaired) electrons. The minimum absolute atomic E-state index is 0.104. The number of anilines is 1. The molecule has 0 saturated heterocycles. The van der Waals surface area contributed by atoms with E-state index < -0.39 is 0 Å². The number of carbonyl (C=O) groups is 1. The summed E-state index contributed by atoms with van der Waals surface area (Å²) in [5, 5.41) is 0.642. The number of rotatable bonds is 9. The van der Waals surface area contributed by atoms with Crippen LogP contribution in [0.15, 0.2) is 42.5 Å². The van der Waals surface area contributed by atoms with Crippen LogP contribution in [0.1, 0.15) is 0 Å². The summed E-state index contributed by atoms with van der Waals surface area (Å²) in [4.78, 5) is 21.4. The summed E-state index contributed by atoms with van der Waals surface area (Å²) in [6.45, 7) is 1.12. The van der Waals surface area contributed by atoms with E-state index in [1.807, 2.05) is 49.3 Å². The van der Waals surface area contributed by atoms with Crippen molar-refractivity contribution in [1.82, 2.24) is 9.88 Å². The molecule has 0 aliphatic rings. The highest BCUT2D eigenvalue weighted by atomic mass is 32.1. The number of methoxy groups -OCH3 is 2. The number of hydrogen-bond acceptors (Lipinski definition) is 7. The maximum Gasteiger partial charge on any atom is 0.266 e. The average Bonchev–Trinajstić information content (AvgIpc) is 3.15. The topological polar surface area (TPSA) is 64.1 Å². The third-order valence-corrected chi connectivity index (χ3v) is 5.35. The minimum atomic E-state index is -0.163. The second kappa shape index (κ2) is 9.58. The molecule has 0 bridgehead atoms. The zero-order valence-electron chi connectivity index (χ0n) is 17.0. The van der Waals surface area contributed by atoms with E-state index in [9.17, 15) is 4.79 Å². The third kappa shape index (κ3) is 5.16. The number of thiazole rings is 1. The predicted molar refractivity (Wildman–Crippen MR) is 116 cm³/mol. The Kier molecular flexibility index (Phi) is 6.90. The van der Waals surface area contributed by atoms with Crippen LogP contribution >= 0.6 is 11.3 Å². The molecule has 0 N–H and O–H groups in total. The quantitative estimate of drug-likeness (QED) is 0.534. The molecule has 7 nitrogen and oxygen atoms in total. The first-order valence-corrected chi connectivity index (χ1v) is 9.99. The van der Waals surface area contributed by atoms with Crippen molar-refractivity contribution in [1.29, 1.82) is 0 Å². The van der Waals surface area contributed by atoms with Gasteiger partial charge < -0.3 is 19.1 Å². The Labute approximate surface area is 174 Å². The lowest BCUT2D eigenvalue weighted by Gasteiger charge is -2.22. The molecule has 0 saturated carbocycles. The molecular weight excluding hydrogens is 390 g/mol. The van der Waals surface area contributed by atoms with Gasteiger partial charge in [-0.2, -0.15) is 0 Å². The molecule has 0 aliphatic carbocycles. The molecule has 29 heavy (non-hydrogen) atoms. The Morgan fingerprint density at radius 3 is 2.48 bits per heavy atom. The zero-order valence-corrected chi connectivity index (χ0v) is 17.9. The Hall–Kier alpha value is -2.84. The van der Waals surface area contributed by atoms with Crippen LogP contribution in [0.4, 0.5) is 5.13 Å². The van der Waals surface area contributed by atoms with Gasteiger partial charge in [-0.05, 0) is 44.4 Å². The monoisotopic (exact) mass is 415 g/mol. The molecule has 2 aromatic carbocycles. The van der Waals surface area contributed by atoms with Crippen LogP contribution in [0.2, 0.25) is 0 Å². The summed E-state index contributed by atoms with van der Waals surface area (Å²) in [6.07, 6.45) is 0. The molecular formula is C21H25N3O4S. The predicted octanol–water partition coefficient (Wildman–Crippen LogP) is 3.29. The van der Waals surface area contributed by atoms with Gasteiger partial charge in [0.2, 0.25) is 0 Å². The maximum atomic E-state index is 13.0. The van der Waals surface area contributed by atoms with Crippen LogP contribution in [0.25, 0.3) is 10.2 Å². The Morgan fingerprint density at radius 2 is 1.79 bits per heavy atom. The van der Waals surface area contributed by atoms with E-state index in [-0.39, 0.29) is 12.5 Å². The summed E-state index contributed by atoms with van der Waals surface area (Å²) in [7, 11) is 7.14. The average molecular weight is 416 g/mol. The van der Waals surface area contributed by atoms with Crippen LogP contribution in [0.5, 0.6) is 17.2 Å². The molecule has 154 valence electrons. The Balaban J connectivity index is 1.81. The highest BCUT2D eigenvalue weighted by Crippen LogP contribution is 2.32. The van der Waals surface area contributed by atoms with Crippen LogP contribution in [-0.4, -0.2) is 63.8 Å². The van der Waals surface area contributed by atoms with Crippen LogP contribution < -0.4 is 19.1 Å². The number of fused-ring (bicyclic) bond motifs is 1. The van der Waals surface area contributed by atoms with E-state index >= 15 is 0 Å². The number of likely N-dealkylation sites (N-methyl/N-ethyl adjacent to an activating group) is 1. The summed E-state index contributed by atoms with van der Waals surface area (Å²) >= 11 is 1.46. The fourth-order valence-electron chi connectivity index (χ4n) is 2.72. The van der Waals surface area contributed by atoms with Crippen molar-refractivity contribution in [2.75, 3.05) is 52.9 Å². The van der Waals surface area contributed by atoms with Crippen molar-refractivity contribution in [3.8, 4) is 17.2 Å². The molecule has 0 fully saturated rings. The fourth-order valence-corrected chi connectivity index (χ4v) is 3.75. The van der Waals surface area contributed by atoms with Crippen molar-refractivity contribution >= 4 is 32.6 Å². The lowest BCUT2D eigenvalue weighted by atomic mass is 10.3. The van der Waals surface area contributed by atoms with E-state index in [1.54, 1.807) is 31.3 Å². The van der Waals surface area contributed by atoms with E-state index in [4.69, 9.17) is 14.2 Å². The number of ether oxygens (including phenoxy) is 3. The lowest BCUT2D eigenvalue weighted by Crippen LogP contribution is -2.39. The van der Waals surface area contributed by atoms with E-state index in [1.165, 1.54) is 11.3 Å². The second-order valence-electron chi connectivity index (χ2n) is 6.62.